The third-order valence-electron chi connectivity index (χ3n) is 10.6. The fourth-order valence-corrected chi connectivity index (χ4v) is 7.80. The van der Waals surface area contributed by atoms with Gasteiger partial charge in [0.05, 0.1) is 18.3 Å². The molecule has 0 spiro atoms. The number of likely N-dealkylation sites (tertiary alicyclic amines) is 2. The van der Waals surface area contributed by atoms with Gasteiger partial charge in [-0.05, 0) is 94.2 Å². The molecule has 3 aliphatic rings. The lowest BCUT2D eigenvalue weighted by molar-refractivity contribution is -0.136. The molecule has 1 amide bonds. The fourth-order valence-electron chi connectivity index (χ4n) is 7.80. The molecule has 9 nitrogen and oxygen atoms in total. The van der Waals surface area contributed by atoms with Gasteiger partial charge >= 0.3 is 0 Å². The van der Waals surface area contributed by atoms with Crippen LogP contribution in [0, 0.1) is 18.7 Å². The lowest BCUT2D eigenvalue weighted by Gasteiger charge is -2.35. The lowest BCUT2D eigenvalue weighted by Crippen LogP contribution is -2.43. The standard InChI is InChI=1S/C37H47FN6O3/c1-23-35(40-44-20-28(17-33(47-5)36(23)44)24(2)42-12-6-7-30(21-42)39-3)32-16-27-15-29(38)18-31(37(27)43(32)19-25-8-9-25)26-10-13-41(14-11-26)34(45)22-46-4/h15-18,20,25-26,30,39H,2,6-14,19,21-22H2,1,3-5H3/t30-/m1/s1. The number of fused-ring (bicyclic) bond motifs is 2. The number of likely N-dealkylation sites (N-methyl/N-ethyl adjacent to an activating group) is 1. The number of ether oxygens (including phenoxy) is 2. The minimum Gasteiger partial charge on any atom is -0.494 e. The second-order valence-corrected chi connectivity index (χ2v) is 13.7. The van der Waals surface area contributed by atoms with Crippen LogP contribution < -0.4 is 10.1 Å². The largest absolute Gasteiger partial charge is 0.494 e. The molecule has 5 heterocycles. The zero-order valence-electron chi connectivity index (χ0n) is 28.1. The number of nitrogens with one attached hydrogen (secondary N) is 1. The van der Waals surface area contributed by atoms with Crippen molar-refractivity contribution in [2.24, 2.45) is 5.92 Å². The van der Waals surface area contributed by atoms with Crippen LogP contribution in [0.1, 0.15) is 61.1 Å². The Morgan fingerprint density at radius 3 is 2.53 bits per heavy atom. The van der Waals surface area contributed by atoms with Crippen LogP contribution in [0.3, 0.4) is 0 Å². The number of aromatic nitrogens is 3. The summed E-state index contributed by atoms with van der Waals surface area (Å²) in [5.41, 5.74) is 7.91. The maximum atomic E-state index is 15.3. The Morgan fingerprint density at radius 1 is 1.04 bits per heavy atom. The first-order valence-corrected chi connectivity index (χ1v) is 17.1. The number of carbonyl (C=O) groups excluding carboxylic acids is 1. The van der Waals surface area contributed by atoms with Gasteiger partial charge in [-0.2, -0.15) is 5.10 Å². The van der Waals surface area contributed by atoms with Crippen LogP contribution >= 0.6 is 0 Å². The molecule has 250 valence electrons. The molecule has 1 saturated carbocycles. The zero-order valence-corrected chi connectivity index (χ0v) is 28.1. The molecule has 0 unspecified atom stereocenters. The topological polar surface area (TPSA) is 76.3 Å². The Balaban J connectivity index is 1.30. The van der Waals surface area contributed by atoms with Crippen LogP contribution in [0.5, 0.6) is 5.75 Å². The monoisotopic (exact) mass is 642 g/mol. The van der Waals surface area contributed by atoms with Crippen LogP contribution in [0.4, 0.5) is 4.39 Å². The molecule has 4 aromatic rings. The molecule has 10 heteroatoms. The highest BCUT2D eigenvalue weighted by atomic mass is 19.1. The molecule has 3 fully saturated rings. The maximum Gasteiger partial charge on any atom is 0.248 e. The molecule has 1 aliphatic carbocycles. The highest BCUT2D eigenvalue weighted by Gasteiger charge is 2.31. The fraction of sp³-hybridized carbons (Fsp3) is 0.514. The number of carbonyl (C=O) groups is 1. The number of rotatable bonds is 10. The normalized spacial score (nSPS) is 19.2. The van der Waals surface area contributed by atoms with E-state index in [0.29, 0.717) is 25.0 Å². The Labute approximate surface area is 276 Å². The Kier molecular flexibility index (Phi) is 8.74. The van der Waals surface area contributed by atoms with Gasteiger partial charge < -0.3 is 29.2 Å². The number of hydrogen-bond donors (Lipinski definition) is 1. The summed E-state index contributed by atoms with van der Waals surface area (Å²) in [6.07, 6.45) is 8.33. The first kappa shape index (κ1) is 31.7. The molecule has 2 aliphatic heterocycles. The van der Waals surface area contributed by atoms with E-state index in [4.69, 9.17) is 14.6 Å². The van der Waals surface area contributed by atoms with E-state index in [2.05, 4.69) is 46.6 Å². The average Bonchev–Trinajstić information content (AvgIpc) is 3.76. The molecule has 0 bridgehead atoms. The van der Waals surface area contributed by atoms with Crippen molar-refractivity contribution in [3.8, 4) is 17.1 Å². The van der Waals surface area contributed by atoms with Crippen molar-refractivity contribution in [3.05, 3.63) is 59.5 Å². The summed E-state index contributed by atoms with van der Waals surface area (Å²) in [7, 11) is 5.28. The summed E-state index contributed by atoms with van der Waals surface area (Å²) in [6.45, 7) is 10.7. The van der Waals surface area contributed by atoms with E-state index >= 15 is 4.39 Å². The van der Waals surface area contributed by atoms with E-state index in [9.17, 15) is 4.79 Å². The first-order valence-electron chi connectivity index (χ1n) is 17.1. The van der Waals surface area contributed by atoms with Crippen molar-refractivity contribution in [1.82, 2.24) is 29.3 Å². The maximum absolute atomic E-state index is 15.3. The summed E-state index contributed by atoms with van der Waals surface area (Å²) >= 11 is 0. The van der Waals surface area contributed by atoms with Crippen LogP contribution in [0.25, 0.3) is 33.5 Å². The van der Waals surface area contributed by atoms with Gasteiger partial charge in [-0.3, -0.25) is 4.79 Å². The van der Waals surface area contributed by atoms with E-state index in [0.717, 1.165) is 101 Å². The number of benzene rings is 1. The summed E-state index contributed by atoms with van der Waals surface area (Å²) in [5.74, 6) is 1.30. The third kappa shape index (κ3) is 6.02. The van der Waals surface area contributed by atoms with E-state index in [-0.39, 0.29) is 24.2 Å². The first-order chi connectivity index (χ1) is 22.8. The predicted molar refractivity (Wildman–Crippen MR) is 183 cm³/mol. The van der Waals surface area contributed by atoms with E-state index in [1.54, 1.807) is 26.4 Å². The van der Waals surface area contributed by atoms with Crippen molar-refractivity contribution in [3.63, 3.8) is 0 Å². The molecule has 1 N–H and O–H groups in total. The SMILES string of the molecule is C=C(c1cc(OC)c2c(C)c(-c3cc4cc(F)cc(C5CCN(C(=O)COC)CC5)c4n3CC3CC3)nn2c1)N1CCC[C@@H](NC)C1. The second kappa shape index (κ2) is 13.0. The van der Waals surface area contributed by atoms with E-state index in [1.807, 2.05) is 16.5 Å². The van der Waals surface area contributed by atoms with Gasteiger partial charge in [-0.1, -0.05) is 6.58 Å². The van der Waals surface area contributed by atoms with Crippen molar-refractivity contribution in [1.29, 1.82) is 0 Å². The smallest absolute Gasteiger partial charge is 0.248 e. The van der Waals surface area contributed by atoms with Crippen LogP contribution in [0.2, 0.25) is 0 Å². The number of aryl methyl sites for hydroxylation is 1. The van der Waals surface area contributed by atoms with Gasteiger partial charge in [-0.15, -0.1) is 0 Å². The molecule has 47 heavy (non-hydrogen) atoms. The minimum atomic E-state index is -0.227. The molecule has 3 aromatic heterocycles. The molecular weight excluding hydrogens is 595 g/mol. The van der Waals surface area contributed by atoms with Gasteiger partial charge in [0, 0.05) is 74.3 Å². The van der Waals surface area contributed by atoms with E-state index < -0.39 is 0 Å². The highest BCUT2D eigenvalue weighted by Crippen LogP contribution is 2.42. The average molecular weight is 643 g/mol. The Morgan fingerprint density at radius 2 is 1.83 bits per heavy atom. The molecule has 0 radical (unpaired) electrons. The Hall–Kier alpha value is -3.89. The molecular formula is C37H47FN6O3. The van der Waals surface area contributed by atoms with Gasteiger partial charge in [0.1, 0.15) is 29.4 Å². The lowest BCUT2D eigenvalue weighted by atomic mass is 9.88. The van der Waals surface area contributed by atoms with Crippen LogP contribution in [-0.4, -0.2) is 90.0 Å². The molecule has 1 aromatic carbocycles. The van der Waals surface area contributed by atoms with Crippen molar-refractivity contribution in [2.75, 3.05) is 54.1 Å². The Bertz CT molecular complexity index is 1820. The second-order valence-electron chi connectivity index (χ2n) is 13.7. The molecule has 7 rings (SSSR count). The van der Waals surface area contributed by atoms with Crippen molar-refractivity contribution < 1.29 is 18.7 Å². The number of hydrogen-bond acceptors (Lipinski definition) is 6. The van der Waals surface area contributed by atoms with Gasteiger partial charge in [0.15, 0.2) is 0 Å². The number of piperidine rings is 2. The quantitative estimate of drug-likeness (QED) is 0.235. The van der Waals surface area contributed by atoms with Gasteiger partial charge in [0.25, 0.3) is 0 Å². The predicted octanol–water partition coefficient (Wildman–Crippen LogP) is 5.83. The number of nitrogens with zero attached hydrogens (tertiary/aromatic N) is 5. The summed E-state index contributed by atoms with van der Waals surface area (Å²) in [4.78, 5) is 16.7. The minimum absolute atomic E-state index is 0.0114. The highest BCUT2D eigenvalue weighted by molar-refractivity contribution is 5.91. The number of methoxy groups -OCH3 is 2. The van der Waals surface area contributed by atoms with E-state index in [1.165, 1.54) is 12.8 Å². The van der Waals surface area contributed by atoms with Crippen molar-refractivity contribution in [2.45, 2.75) is 64.0 Å². The summed E-state index contributed by atoms with van der Waals surface area (Å²) in [5, 5.41) is 9.52. The number of pyridine rings is 1. The van der Waals surface area contributed by atoms with Crippen LogP contribution in [0.15, 0.2) is 37.0 Å². The zero-order chi connectivity index (χ0) is 32.8. The van der Waals surface area contributed by atoms with Gasteiger partial charge in [0.2, 0.25) is 5.91 Å². The number of halogens is 1. The van der Waals surface area contributed by atoms with Crippen LogP contribution in [-0.2, 0) is 16.1 Å². The summed E-state index contributed by atoms with van der Waals surface area (Å²) in [6, 6.07) is 8.03. The molecule has 2 saturated heterocycles. The summed E-state index contributed by atoms with van der Waals surface area (Å²) < 4.78 is 30.7. The molecule has 1 atom stereocenters. The van der Waals surface area contributed by atoms with Crippen molar-refractivity contribution >= 4 is 28.0 Å². The number of amides is 1. The van der Waals surface area contributed by atoms with Gasteiger partial charge in [-0.25, -0.2) is 8.91 Å². The third-order valence-corrected chi connectivity index (χ3v) is 10.6.